The average Bonchev–Trinajstić information content (AvgIpc) is 2.40. The number of rotatable bonds is 3. The molecule has 90 valence electrons. The molecule has 2 unspecified atom stereocenters. The summed E-state index contributed by atoms with van der Waals surface area (Å²) in [7, 11) is 0. The summed E-state index contributed by atoms with van der Waals surface area (Å²) >= 11 is 0. The van der Waals surface area contributed by atoms with Gasteiger partial charge in [0.2, 0.25) is 0 Å². The van der Waals surface area contributed by atoms with Gasteiger partial charge in [0.25, 0.3) is 0 Å². The molecule has 2 nitrogen and oxygen atoms in total. The molecule has 1 aliphatic carbocycles. The van der Waals surface area contributed by atoms with Crippen molar-refractivity contribution in [1.29, 1.82) is 0 Å². The first kappa shape index (κ1) is 12.8. The van der Waals surface area contributed by atoms with Crippen LogP contribution in [-0.4, -0.2) is 30.0 Å². The highest BCUT2D eigenvalue weighted by molar-refractivity contribution is 5.00. The van der Waals surface area contributed by atoms with Crippen LogP contribution in [0, 0.1) is 5.41 Å². The predicted octanol–water partition coefficient (Wildman–Crippen LogP) is 2.08. The molecular formula is C10H18F3NO. The van der Waals surface area contributed by atoms with Crippen molar-refractivity contribution in [2.75, 3.05) is 13.1 Å². The zero-order valence-electron chi connectivity index (χ0n) is 9.12. The van der Waals surface area contributed by atoms with E-state index in [1.807, 2.05) is 6.92 Å². The molecule has 1 rings (SSSR count). The number of halogens is 3. The summed E-state index contributed by atoms with van der Waals surface area (Å²) in [5, 5.41) is 12.6. The number of hydrogen-bond acceptors (Lipinski definition) is 2. The Balaban J connectivity index is 2.65. The van der Waals surface area contributed by atoms with E-state index >= 15 is 0 Å². The van der Waals surface area contributed by atoms with E-state index in [1.165, 1.54) is 0 Å². The minimum atomic E-state index is -4.50. The fraction of sp³-hybridized carbons (Fsp3) is 1.00. The van der Waals surface area contributed by atoms with Crippen LogP contribution in [0.15, 0.2) is 0 Å². The molecule has 0 aromatic carbocycles. The van der Waals surface area contributed by atoms with Crippen molar-refractivity contribution < 1.29 is 18.3 Å². The molecule has 2 atom stereocenters. The Kier molecular flexibility index (Phi) is 3.36. The number of aliphatic hydroxyl groups is 1. The van der Waals surface area contributed by atoms with Crippen LogP contribution >= 0.6 is 0 Å². The normalized spacial score (nSPS) is 37.2. The van der Waals surface area contributed by atoms with Gasteiger partial charge >= 0.3 is 6.18 Å². The Morgan fingerprint density at radius 3 is 2.33 bits per heavy atom. The van der Waals surface area contributed by atoms with Gasteiger partial charge in [-0.1, -0.05) is 13.8 Å². The smallest absolute Gasteiger partial charge is 0.380 e. The van der Waals surface area contributed by atoms with Crippen LogP contribution in [0.4, 0.5) is 13.2 Å². The molecule has 0 aromatic rings. The third-order valence-corrected chi connectivity index (χ3v) is 3.19. The van der Waals surface area contributed by atoms with Gasteiger partial charge in [-0.05, 0) is 31.2 Å². The molecule has 0 aromatic heterocycles. The second-order valence-corrected chi connectivity index (χ2v) is 4.80. The quantitative estimate of drug-likeness (QED) is 0.770. The zero-order chi connectivity index (χ0) is 11.7. The van der Waals surface area contributed by atoms with Crippen molar-refractivity contribution in [3.8, 4) is 0 Å². The molecule has 15 heavy (non-hydrogen) atoms. The van der Waals surface area contributed by atoms with Crippen LogP contribution < -0.4 is 5.32 Å². The van der Waals surface area contributed by atoms with Crippen molar-refractivity contribution in [2.24, 2.45) is 5.41 Å². The van der Waals surface area contributed by atoms with E-state index in [0.29, 0.717) is 13.0 Å². The van der Waals surface area contributed by atoms with Gasteiger partial charge in [-0.3, -0.25) is 0 Å². The lowest BCUT2D eigenvalue weighted by Crippen LogP contribution is -2.44. The molecule has 1 saturated carbocycles. The van der Waals surface area contributed by atoms with Crippen molar-refractivity contribution in [3.05, 3.63) is 0 Å². The SMILES string of the molecule is CCNCC1(C)CCC(O)(C(F)(F)F)C1. The van der Waals surface area contributed by atoms with Crippen LogP contribution in [-0.2, 0) is 0 Å². The molecule has 0 bridgehead atoms. The van der Waals surface area contributed by atoms with Gasteiger partial charge in [0.05, 0.1) is 0 Å². The van der Waals surface area contributed by atoms with Crippen LogP contribution in [0.1, 0.15) is 33.1 Å². The highest BCUT2D eigenvalue weighted by Gasteiger charge is 2.59. The average molecular weight is 225 g/mol. The fourth-order valence-corrected chi connectivity index (χ4v) is 2.21. The van der Waals surface area contributed by atoms with Crippen molar-refractivity contribution in [3.63, 3.8) is 0 Å². The summed E-state index contributed by atoms with van der Waals surface area (Å²) in [5.74, 6) is 0. The van der Waals surface area contributed by atoms with E-state index < -0.39 is 17.2 Å². The van der Waals surface area contributed by atoms with Gasteiger partial charge in [0, 0.05) is 6.54 Å². The topological polar surface area (TPSA) is 32.3 Å². The van der Waals surface area contributed by atoms with Gasteiger partial charge in [0.15, 0.2) is 5.60 Å². The van der Waals surface area contributed by atoms with E-state index in [2.05, 4.69) is 5.32 Å². The molecular weight excluding hydrogens is 207 g/mol. The van der Waals surface area contributed by atoms with Crippen LogP contribution in [0.3, 0.4) is 0 Å². The lowest BCUT2D eigenvalue weighted by molar-refractivity contribution is -0.259. The van der Waals surface area contributed by atoms with E-state index in [9.17, 15) is 18.3 Å². The lowest BCUT2D eigenvalue weighted by Gasteiger charge is -2.29. The Morgan fingerprint density at radius 2 is 1.93 bits per heavy atom. The van der Waals surface area contributed by atoms with Gasteiger partial charge in [0.1, 0.15) is 0 Å². The van der Waals surface area contributed by atoms with Crippen LogP contribution in [0.25, 0.3) is 0 Å². The van der Waals surface area contributed by atoms with E-state index in [-0.39, 0.29) is 12.8 Å². The maximum absolute atomic E-state index is 12.5. The largest absolute Gasteiger partial charge is 0.417 e. The second-order valence-electron chi connectivity index (χ2n) is 4.80. The predicted molar refractivity (Wildman–Crippen MR) is 51.5 cm³/mol. The maximum atomic E-state index is 12.5. The molecule has 5 heteroatoms. The number of nitrogens with one attached hydrogen (secondary N) is 1. The first-order valence-electron chi connectivity index (χ1n) is 5.22. The molecule has 0 aliphatic heterocycles. The Bertz CT molecular complexity index is 231. The molecule has 2 N–H and O–H groups in total. The lowest BCUT2D eigenvalue weighted by atomic mass is 9.86. The molecule has 1 aliphatic rings. The number of alkyl halides is 3. The first-order valence-corrected chi connectivity index (χ1v) is 5.22. The molecule has 0 amide bonds. The van der Waals surface area contributed by atoms with Crippen molar-refractivity contribution >= 4 is 0 Å². The monoisotopic (exact) mass is 225 g/mol. The molecule has 0 heterocycles. The van der Waals surface area contributed by atoms with Crippen LogP contribution in [0.5, 0.6) is 0 Å². The van der Waals surface area contributed by atoms with Gasteiger partial charge in [-0.25, -0.2) is 0 Å². The minimum absolute atomic E-state index is 0.182. The first-order chi connectivity index (χ1) is 6.72. The second kappa shape index (κ2) is 3.94. The van der Waals surface area contributed by atoms with Crippen molar-refractivity contribution in [2.45, 2.75) is 44.9 Å². The van der Waals surface area contributed by atoms with E-state index in [1.54, 1.807) is 6.92 Å². The number of hydrogen-bond donors (Lipinski definition) is 2. The highest BCUT2D eigenvalue weighted by atomic mass is 19.4. The van der Waals surface area contributed by atoms with Gasteiger partial charge in [-0.15, -0.1) is 0 Å². The fourth-order valence-electron chi connectivity index (χ4n) is 2.21. The van der Waals surface area contributed by atoms with E-state index in [4.69, 9.17) is 0 Å². The Hall–Kier alpha value is -0.290. The summed E-state index contributed by atoms with van der Waals surface area (Å²) in [6.45, 7) is 4.97. The minimum Gasteiger partial charge on any atom is -0.380 e. The Morgan fingerprint density at radius 1 is 1.33 bits per heavy atom. The molecule has 0 radical (unpaired) electrons. The summed E-state index contributed by atoms with van der Waals surface area (Å²) in [5.41, 5.74) is -2.92. The van der Waals surface area contributed by atoms with Gasteiger partial charge < -0.3 is 10.4 Å². The van der Waals surface area contributed by atoms with E-state index in [0.717, 1.165) is 6.54 Å². The molecule has 0 saturated heterocycles. The van der Waals surface area contributed by atoms with Crippen molar-refractivity contribution in [1.82, 2.24) is 5.32 Å². The zero-order valence-corrected chi connectivity index (χ0v) is 9.12. The maximum Gasteiger partial charge on any atom is 0.417 e. The highest BCUT2D eigenvalue weighted by Crippen LogP contribution is 2.50. The third-order valence-electron chi connectivity index (χ3n) is 3.19. The summed E-state index contributed by atoms with van der Waals surface area (Å²) < 4.78 is 37.6. The van der Waals surface area contributed by atoms with Gasteiger partial charge in [-0.2, -0.15) is 13.2 Å². The third kappa shape index (κ3) is 2.64. The summed E-state index contributed by atoms with van der Waals surface area (Å²) in [6.07, 6.45) is -4.47. The summed E-state index contributed by atoms with van der Waals surface area (Å²) in [6, 6.07) is 0. The molecule has 1 fully saturated rings. The van der Waals surface area contributed by atoms with Crippen LogP contribution in [0.2, 0.25) is 0 Å². The molecule has 0 spiro atoms. The summed E-state index contributed by atoms with van der Waals surface area (Å²) in [4.78, 5) is 0. The standard InChI is InChI=1S/C10H18F3NO/c1-3-14-7-8(2)4-5-9(15,6-8)10(11,12)13/h14-15H,3-7H2,1-2H3. The Labute approximate surface area is 87.9 Å².